The van der Waals surface area contributed by atoms with E-state index in [1.165, 1.54) is 29.7 Å². The fraction of sp³-hybridized carbons (Fsp3) is 0.286. The maximum Gasteiger partial charge on any atom is 0.263 e. The van der Waals surface area contributed by atoms with Crippen molar-refractivity contribution in [1.82, 2.24) is 10.3 Å². The average Bonchev–Trinajstić information content (AvgIpc) is 3.08. The van der Waals surface area contributed by atoms with Gasteiger partial charge in [0.15, 0.2) is 5.13 Å². The van der Waals surface area contributed by atoms with E-state index in [0.29, 0.717) is 25.4 Å². The molecule has 0 spiro atoms. The molecule has 2 heterocycles. The van der Waals surface area contributed by atoms with Crippen LogP contribution in [0.25, 0.3) is 0 Å². The number of nitrogens with one attached hydrogen (secondary N) is 3. The van der Waals surface area contributed by atoms with Crippen LogP contribution in [0.15, 0.2) is 40.7 Å². The van der Waals surface area contributed by atoms with Crippen molar-refractivity contribution >= 4 is 50.5 Å². The van der Waals surface area contributed by atoms with Crippen LogP contribution in [0.4, 0.5) is 10.8 Å². The van der Waals surface area contributed by atoms with Gasteiger partial charge < -0.3 is 15.4 Å². The fourth-order valence-electron chi connectivity index (χ4n) is 2.15. The molecule has 1 amide bonds. The van der Waals surface area contributed by atoms with Gasteiger partial charge in [0, 0.05) is 30.4 Å². The SMILES string of the molecule is Cl.O=C(Nc1cccc(S(=O)(=O)Nc2nccs2)c1)C1CNCCO1. The molecular formula is C14H17ClN4O4S2. The van der Waals surface area contributed by atoms with Crippen molar-refractivity contribution in [3.63, 3.8) is 0 Å². The van der Waals surface area contributed by atoms with Gasteiger partial charge in [-0.25, -0.2) is 13.4 Å². The van der Waals surface area contributed by atoms with Crippen LogP contribution in [0, 0.1) is 0 Å². The first-order valence-electron chi connectivity index (χ1n) is 7.20. The van der Waals surface area contributed by atoms with Crippen LogP contribution in [-0.4, -0.2) is 45.1 Å². The summed E-state index contributed by atoms with van der Waals surface area (Å²) in [5.74, 6) is -0.315. The quantitative estimate of drug-likeness (QED) is 0.692. The molecule has 1 aromatic heterocycles. The van der Waals surface area contributed by atoms with E-state index >= 15 is 0 Å². The minimum Gasteiger partial charge on any atom is -0.366 e. The fourth-order valence-corrected chi connectivity index (χ4v) is 3.98. The second-order valence-corrected chi connectivity index (χ2v) is 7.60. The Morgan fingerprint density at radius 1 is 1.40 bits per heavy atom. The lowest BCUT2D eigenvalue weighted by molar-refractivity contribution is -0.128. The zero-order chi connectivity index (χ0) is 17.0. The first-order valence-corrected chi connectivity index (χ1v) is 9.56. The van der Waals surface area contributed by atoms with E-state index < -0.39 is 16.1 Å². The third-order valence-corrected chi connectivity index (χ3v) is 5.44. The van der Waals surface area contributed by atoms with Crippen molar-refractivity contribution in [1.29, 1.82) is 0 Å². The summed E-state index contributed by atoms with van der Waals surface area (Å²) in [4.78, 5) is 16.1. The summed E-state index contributed by atoms with van der Waals surface area (Å²) in [6.07, 6.45) is 0.921. The molecule has 0 saturated carbocycles. The number of benzene rings is 1. The molecule has 1 saturated heterocycles. The number of thiazole rings is 1. The Bertz CT molecular complexity index is 808. The number of anilines is 2. The van der Waals surface area contributed by atoms with Crippen LogP contribution in [-0.2, 0) is 19.6 Å². The average molecular weight is 405 g/mol. The number of carbonyl (C=O) groups excluding carboxylic acids is 1. The van der Waals surface area contributed by atoms with E-state index in [1.807, 2.05) is 0 Å². The zero-order valence-corrected chi connectivity index (χ0v) is 15.4. The van der Waals surface area contributed by atoms with E-state index in [-0.39, 0.29) is 28.3 Å². The Balaban J connectivity index is 0.00000225. The van der Waals surface area contributed by atoms with E-state index in [0.717, 1.165) is 0 Å². The largest absolute Gasteiger partial charge is 0.366 e. The monoisotopic (exact) mass is 404 g/mol. The van der Waals surface area contributed by atoms with Crippen molar-refractivity contribution in [3.05, 3.63) is 35.8 Å². The predicted octanol–water partition coefficient (Wildman–Crippen LogP) is 1.29. The summed E-state index contributed by atoms with van der Waals surface area (Å²) in [6.45, 7) is 1.60. The molecule has 136 valence electrons. The van der Waals surface area contributed by atoms with E-state index in [2.05, 4.69) is 20.3 Å². The molecule has 8 nitrogen and oxygen atoms in total. The second-order valence-electron chi connectivity index (χ2n) is 5.02. The molecule has 1 aromatic carbocycles. The molecule has 0 aliphatic carbocycles. The molecule has 25 heavy (non-hydrogen) atoms. The lowest BCUT2D eigenvalue weighted by Gasteiger charge is -2.22. The molecule has 1 aliphatic rings. The highest BCUT2D eigenvalue weighted by atomic mass is 35.5. The number of morpholine rings is 1. The number of rotatable bonds is 5. The van der Waals surface area contributed by atoms with E-state index in [4.69, 9.17) is 4.74 Å². The summed E-state index contributed by atoms with van der Waals surface area (Å²) in [6, 6.07) is 6.02. The molecule has 1 fully saturated rings. The number of halogens is 1. The van der Waals surface area contributed by atoms with Gasteiger partial charge in [-0.3, -0.25) is 9.52 Å². The molecule has 3 rings (SSSR count). The molecule has 11 heteroatoms. The number of hydrogen-bond acceptors (Lipinski definition) is 7. The standard InChI is InChI=1S/C14H16N4O4S2.ClH/c19-13(12-9-15-4-6-22-12)17-10-2-1-3-11(8-10)24(20,21)18-14-16-5-7-23-14;/h1-3,5,7-8,12,15H,4,6,9H2,(H,16,18)(H,17,19);1H. The van der Waals surface area contributed by atoms with Gasteiger partial charge in [0.2, 0.25) is 0 Å². The van der Waals surface area contributed by atoms with Crippen LogP contribution >= 0.6 is 23.7 Å². The number of carbonyl (C=O) groups is 1. The van der Waals surface area contributed by atoms with Gasteiger partial charge in [-0.05, 0) is 18.2 Å². The van der Waals surface area contributed by atoms with Crippen LogP contribution in [0.5, 0.6) is 0 Å². The molecule has 0 bridgehead atoms. The summed E-state index contributed by atoms with van der Waals surface area (Å²) in [7, 11) is -3.76. The van der Waals surface area contributed by atoms with Gasteiger partial charge in [-0.15, -0.1) is 23.7 Å². The zero-order valence-electron chi connectivity index (χ0n) is 13.0. The molecule has 0 radical (unpaired) electrons. The highest BCUT2D eigenvalue weighted by Gasteiger charge is 2.22. The number of aromatic nitrogens is 1. The van der Waals surface area contributed by atoms with Crippen molar-refractivity contribution < 1.29 is 17.9 Å². The Hall–Kier alpha value is -1.72. The number of ether oxygens (including phenoxy) is 1. The molecule has 1 atom stereocenters. The minimum atomic E-state index is -3.76. The van der Waals surface area contributed by atoms with Gasteiger partial charge in [0.1, 0.15) is 6.10 Å². The van der Waals surface area contributed by atoms with Crippen LogP contribution in [0.2, 0.25) is 0 Å². The first-order chi connectivity index (χ1) is 11.5. The Morgan fingerprint density at radius 2 is 2.24 bits per heavy atom. The Labute approximate surface area is 155 Å². The van der Waals surface area contributed by atoms with Gasteiger partial charge in [0.25, 0.3) is 15.9 Å². The highest BCUT2D eigenvalue weighted by molar-refractivity contribution is 7.93. The summed E-state index contributed by atoms with van der Waals surface area (Å²) < 4.78 is 32.5. The van der Waals surface area contributed by atoms with E-state index in [9.17, 15) is 13.2 Å². The number of hydrogen-bond donors (Lipinski definition) is 3. The molecule has 1 aliphatic heterocycles. The molecule has 2 aromatic rings. The number of sulfonamides is 1. The maximum absolute atomic E-state index is 12.3. The van der Waals surface area contributed by atoms with Crippen molar-refractivity contribution in [2.75, 3.05) is 29.7 Å². The van der Waals surface area contributed by atoms with E-state index in [1.54, 1.807) is 17.5 Å². The number of amides is 1. The third kappa shape index (κ3) is 5.13. The summed E-state index contributed by atoms with van der Waals surface area (Å²) in [5, 5.41) is 7.69. The normalized spacial score (nSPS) is 17.4. The third-order valence-electron chi connectivity index (χ3n) is 3.29. The maximum atomic E-state index is 12.3. The first kappa shape index (κ1) is 19.6. The molecule has 1 unspecified atom stereocenters. The Kier molecular flexibility index (Phi) is 6.73. The van der Waals surface area contributed by atoms with Gasteiger partial charge in [-0.1, -0.05) is 6.07 Å². The van der Waals surface area contributed by atoms with Gasteiger partial charge >= 0.3 is 0 Å². The van der Waals surface area contributed by atoms with Crippen molar-refractivity contribution in [3.8, 4) is 0 Å². The number of nitrogens with zero attached hydrogens (tertiary/aromatic N) is 1. The molecular weight excluding hydrogens is 388 g/mol. The Morgan fingerprint density at radius 3 is 2.92 bits per heavy atom. The highest BCUT2D eigenvalue weighted by Crippen LogP contribution is 2.20. The summed E-state index contributed by atoms with van der Waals surface area (Å²) in [5.41, 5.74) is 0.385. The topological polar surface area (TPSA) is 109 Å². The van der Waals surface area contributed by atoms with Crippen LogP contribution < -0.4 is 15.4 Å². The smallest absolute Gasteiger partial charge is 0.263 e. The predicted molar refractivity (Wildman–Crippen MR) is 97.9 cm³/mol. The van der Waals surface area contributed by atoms with Crippen molar-refractivity contribution in [2.45, 2.75) is 11.0 Å². The second kappa shape index (κ2) is 8.59. The summed E-state index contributed by atoms with van der Waals surface area (Å²) >= 11 is 1.18. The van der Waals surface area contributed by atoms with Crippen molar-refractivity contribution in [2.24, 2.45) is 0 Å². The lowest BCUT2D eigenvalue weighted by Crippen LogP contribution is -2.45. The van der Waals surface area contributed by atoms with Gasteiger partial charge in [-0.2, -0.15) is 0 Å². The molecule has 3 N–H and O–H groups in total. The minimum absolute atomic E-state index is 0. The lowest BCUT2D eigenvalue weighted by atomic mass is 10.2. The van der Waals surface area contributed by atoms with Gasteiger partial charge in [0.05, 0.1) is 11.5 Å². The van der Waals surface area contributed by atoms with Crippen LogP contribution in [0.1, 0.15) is 0 Å². The van der Waals surface area contributed by atoms with Crippen LogP contribution in [0.3, 0.4) is 0 Å².